The van der Waals surface area contributed by atoms with E-state index in [2.05, 4.69) is 24.0 Å². The Morgan fingerprint density at radius 3 is 3.00 bits per heavy atom. The molecule has 0 fully saturated rings. The number of rotatable bonds is 2. The largest absolute Gasteiger partial charge is 0.454 e. The van der Waals surface area contributed by atoms with Crippen molar-refractivity contribution in [3.05, 3.63) is 41.4 Å². The summed E-state index contributed by atoms with van der Waals surface area (Å²) in [6.45, 7) is 2.16. The third-order valence-electron chi connectivity index (χ3n) is 2.54. The van der Waals surface area contributed by atoms with Gasteiger partial charge in [0, 0.05) is 17.1 Å². The molecule has 0 spiro atoms. The van der Waals surface area contributed by atoms with Gasteiger partial charge in [0.05, 0.1) is 4.88 Å². The molecule has 3 rings (SSSR count). The van der Waals surface area contributed by atoms with Gasteiger partial charge in [-0.3, -0.25) is 4.98 Å². The molecule has 16 heavy (non-hydrogen) atoms. The molecular weight excluding hydrogens is 218 g/mol. The zero-order valence-electron chi connectivity index (χ0n) is 8.93. The van der Waals surface area contributed by atoms with Crippen LogP contribution < -0.4 is 0 Å². The Morgan fingerprint density at radius 1 is 1.31 bits per heavy atom. The zero-order chi connectivity index (χ0) is 11.0. The van der Waals surface area contributed by atoms with E-state index in [4.69, 9.17) is 4.42 Å². The number of hydrogen-bond acceptors (Lipinski definition) is 3. The summed E-state index contributed by atoms with van der Waals surface area (Å²) in [5.41, 5.74) is 1.77. The molecule has 0 atom stereocenters. The molecule has 0 saturated carbocycles. The molecule has 0 aliphatic rings. The minimum Gasteiger partial charge on any atom is -0.454 e. The first kappa shape index (κ1) is 9.60. The summed E-state index contributed by atoms with van der Waals surface area (Å²) in [7, 11) is 0. The minimum absolute atomic E-state index is 0.851. The van der Waals surface area contributed by atoms with Gasteiger partial charge >= 0.3 is 0 Å². The van der Waals surface area contributed by atoms with Crippen molar-refractivity contribution in [2.75, 3.05) is 0 Å². The van der Waals surface area contributed by atoms with Gasteiger partial charge in [-0.15, -0.1) is 11.3 Å². The maximum absolute atomic E-state index is 5.76. The van der Waals surface area contributed by atoms with E-state index in [0.717, 1.165) is 23.3 Å². The van der Waals surface area contributed by atoms with E-state index in [1.165, 1.54) is 9.75 Å². The smallest absolute Gasteiger partial charge is 0.153 e. The van der Waals surface area contributed by atoms with Crippen LogP contribution in [-0.2, 0) is 6.42 Å². The van der Waals surface area contributed by atoms with E-state index in [1.54, 1.807) is 17.5 Å². The summed E-state index contributed by atoms with van der Waals surface area (Å²) in [5, 5.41) is 0. The normalized spacial score (nSPS) is 11.1. The van der Waals surface area contributed by atoms with Gasteiger partial charge in [-0.05, 0) is 30.7 Å². The Bertz CT molecular complexity index is 590. The van der Waals surface area contributed by atoms with Crippen molar-refractivity contribution in [2.45, 2.75) is 13.3 Å². The molecule has 2 nitrogen and oxygen atoms in total. The summed E-state index contributed by atoms with van der Waals surface area (Å²) in [5.74, 6) is 0.915. The van der Waals surface area contributed by atoms with Gasteiger partial charge in [-0.2, -0.15) is 0 Å². The number of fused-ring (bicyclic) bond motifs is 1. The van der Waals surface area contributed by atoms with Crippen LogP contribution in [0.25, 0.3) is 21.7 Å². The number of nitrogens with zero attached hydrogens (tertiary/aromatic N) is 1. The van der Waals surface area contributed by atoms with Gasteiger partial charge in [0.2, 0.25) is 0 Å². The number of hydrogen-bond donors (Lipinski definition) is 0. The monoisotopic (exact) mass is 229 g/mol. The average molecular weight is 229 g/mol. The van der Waals surface area contributed by atoms with Crippen LogP contribution in [-0.4, -0.2) is 4.98 Å². The molecule has 0 N–H and O–H groups in total. The molecule has 0 aromatic carbocycles. The third-order valence-corrected chi connectivity index (χ3v) is 3.78. The highest BCUT2D eigenvalue weighted by molar-refractivity contribution is 7.15. The third kappa shape index (κ3) is 1.53. The second-order valence-corrected chi connectivity index (χ2v) is 4.79. The summed E-state index contributed by atoms with van der Waals surface area (Å²) in [6.07, 6.45) is 2.86. The fourth-order valence-electron chi connectivity index (χ4n) is 1.69. The van der Waals surface area contributed by atoms with Crippen molar-refractivity contribution < 1.29 is 4.42 Å². The molecule has 80 valence electrons. The zero-order valence-corrected chi connectivity index (χ0v) is 9.75. The number of furan rings is 1. The first-order valence-electron chi connectivity index (χ1n) is 5.30. The van der Waals surface area contributed by atoms with E-state index >= 15 is 0 Å². The molecule has 3 heteroatoms. The van der Waals surface area contributed by atoms with E-state index in [-0.39, 0.29) is 0 Å². The molecule has 3 aromatic heterocycles. The summed E-state index contributed by atoms with van der Waals surface area (Å²) < 4.78 is 5.76. The van der Waals surface area contributed by atoms with Crippen molar-refractivity contribution in [1.29, 1.82) is 0 Å². The van der Waals surface area contributed by atoms with Gasteiger partial charge < -0.3 is 4.42 Å². The second-order valence-electron chi connectivity index (χ2n) is 3.62. The predicted octanol–water partition coefficient (Wildman–Crippen LogP) is 4.12. The van der Waals surface area contributed by atoms with Crippen LogP contribution in [0.15, 0.2) is 40.9 Å². The van der Waals surface area contributed by atoms with Crippen molar-refractivity contribution in [2.24, 2.45) is 0 Å². The van der Waals surface area contributed by atoms with E-state index in [0.29, 0.717) is 0 Å². The van der Waals surface area contributed by atoms with Crippen molar-refractivity contribution in [3.8, 4) is 10.6 Å². The van der Waals surface area contributed by atoms with Gasteiger partial charge in [0.1, 0.15) is 11.3 Å². The van der Waals surface area contributed by atoms with Gasteiger partial charge in [0.15, 0.2) is 5.58 Å². The molecule has 0 unspecified atom stereocenters. The Balaban J connectivity index is 2.11. The Morgan fingerprint density at radius 2 is 2.25 bits per heavy atom. The highest BCUT2D eigenvalue weighted by atomic mass is 32.1. The first-order valence-corrected chi connectivity index (χ1v) is 6.12. The highest BCUT2D eigenvalue weighted by Gasteiger charge is 2.08. The van der Waals surface area contributed by atoms with Gasteiger partial charge in [0.25, 0.3) is 0 Å². The molecule has 3 heterocycles. The van der Waals surface area contributed by atoms with Crippen molar-refractivity contribution >= 4 is 22.4 Å². The standard InChI is InChI=1S/C13H11NOS/c1-2-9-5-6-13(16-9)12-8-10-11(15-12)4-3-7-14-10/h3-8H,2H2,1H3. The number of aromatic nitrogens is 1. The molecule has 0 radical (unpaired) electrons. The topological polar surface area (TPSA) is 26.0 Å². The fraction of sp³-hybridized carbons (Fsp3) is 0.154. The lowest BCUT2D eigenvalue weighted by molar-refractivity contribution is 0.633. The number of pyridine rings is 1. The first-order chi connectivity index (χ1) is 7.86. The second kappa shape index (κ2) is 3.76. The van der Waals surface area contributed by atoms with Gasteiger partial charge in [-0.25, -0.2) is 0 Å². The molecule has 0 aliphatic heterocycles. The summed E-state index contributed by atoms with van der Waals surface area (Å²) in [4.78, 5) is 6.82. The Labute approximate surface area is 97.6 Å². The van der Waals surface area contributed by atoms with Gasteiger partial charge in [-0.1, -0.05) is 6.92 Å². The lowest BCUT2D eigenvalue weighted by Crippen LogP contribution is -1.66. The van der Waals surface area contributed by atoms with Crippen LogP contribution in [0, 0.1) is 0 Å². The van der Waals surface area contributed by atoms with Crippen LogP contribution in [0.2, 0.25) is 0 Å². The van der Waals surface area contributed by atoms with E-state index < -0.39 is 0 Å². The van der Waals surface area contributed by atoms with Crippen molar-refractivity contribution in [3.63, 3.8) is 0 Å². The predicted molar refractivity (Wildman–Crippen MR) is 66.7 cm³/mol. The van der Waals surface area contributed by atoms with Crippen molar-refractivity contribution in [1.82, 2.24) is 4.98 Å². The van der Waals surface area contributed by atoms with E-state index in [1.807, 2.05) is 18.2 Å². The van der Waals surface area contributed by atoms with Crippen LogP contribution in [0.1, 0.15) is 11.8 Å². The van der Waals surface area contributed by atoms with Crippen LogP contribution in [0.3, 0.4) is 0 Å². The lowest BCUT2D eigenvalue weighted by Gasteiger charge is -1.88. The molecule has 3 aromatic rings. The Kier molecular flexibility index (Phi) is 2.26. The lowest BCUT2D eigenvalue weighted by atomic mass is 10.3. The average Bonchev–Trinajstić information content (AvgIpc) is 2.95. The maximum Gasteiger partial charge on any atom is 0.153 e. The molecule has 0 amide bonds. The molecule has 0 bridgehead atoms. The van der Waals surface area contributed by atoms with Crippen LogP contribution in [0.5, 0.6) is 0 Å². The SMILES string of the molecule is CCc1ccc(-c2cc3ncccc3o2)s1. The minimum atomic E-state index is 0.851. The fourth-order valence-corrected chi connectivity index (χ4v) is 2.59. The summed E-state index contributed by atoms with van der Waals surface area (Å²) in [6, 6.07) is 10.1. The molecule has 0 saturated heterocycles. The summed E-state index contributed by atoms with van der Waals surface area (Å²) >= 11 is 1.78. The van der Waals surface area contributed by atoms with Crippen LogP contribution >= 0.6 is 11.3 Å². The number of thiophene rings is 1. The van der Waals surface area contributed by atoms with Crippen LogP contribution in [0.4, 0.5) is 0 Å². The number of aryl methyl sites for hydroxylation is 1. The molecular formula is C13H11NOS. The quantitative estimate of drug-likeness (QED) is 0.660. The molecule has 0 aliphatic carbocycles. The highest BCUT2D eigenvalue weighted by Crippen LogP contribution is 2.32. The maximum atomic E-state index is 5.76. The Hall–Kier alpha value is -1.61. The van der Waals surface area contributed by atoms with E-state index in [9.17, 15) is 0 Å².